The summed E-state index contributed by atoms with van der Waals surface area (Å²) in [5.41, 5.74) is 0. The summed E-state index contributed by atoms with van der Waals surface area (Å²) in [6.45, 7) is 4.82. The summed E-state index contributed by atoms with van der Waals surface area (Å²) >= 11 is 0. The van der Waals surface area contributed by atoms with Crippen molar-refractivity contribution < 1.29 is 14.7 Å². The van der Waals surface area contributed by atoms with Crippen LogP contribution in [-0.2, 0) is 4.79 Å². The fraction of sp³-hybridized carbons (Fsp3) is 0.857. The molecule has 0 bridgehead atoms. The van der Waals surface area contributed by atoms with E-state index >= 15 is 0 Å². The molecule has 2 unspecified atom stereocenters. The maximum Gasteiger partial charge on any atom is 0.320 e. The molecule has 0 spiro atoms. The first-order chi connectivity index (χ1) is 8.97. The number of carboxylic acids is 1. The Bertz CT molecular complexity index is 320. The van der Waals surface area contributed by atoms with Gasteiger partial charge in [-0.05, 0) is 32.6 Å². The Hall–Kier alpha value is -1.26. The van der Waals surface area contributed by atoms with Crippen molar-refractivity contribution in [3.05, 3.63) is 0 Å². The van der Waals surface area contributed by atoms with E-state index < -0.39 is 5.97 Å². The molecule has 0 aliphatic carbocycles. The second-order valence-electron chi connectivity index (χ2n) is 5.47. The first-order valence-electron chi connectivity index (χ1n) is 7.22. The minimum atomic E-state index is -0.825. The van der Waals surface area contributed by atoms with E-state index in [1.54, 1.807) is 9.80 Å². The Kier molecular flexibility index (Phi) is 6.12. The van der Waals surface area contributed by atoms with E-state index in [-0.39, 0.29) is 24.5 Å². The van der Waals surface area contributed by atoms with Crippen molar-refractivity contribution in [2.45, 2.75) is 64.5 Å². The van der Waals surface area contributed by atoms with Gasteiger partial charge < -0.3 is 14.9 Å². The molecule has 1 saturated heterocycles. The summed E-state index contributed by atoms with van der Waals surface area (Å²) in [6, 6.07) is 0.0341. The van der Waals surface area contributed by atoms with Crippen molar-refractivity contribution in [1.29, 1.82) is 0 Å². The summed E-state index contributed by atoms with van der Waals surface area (Å²) in [5.74, 6) is -0.825. The molecule has 1 heterocycles. The molecule has 1 N–H and O–H groups in total. The summed E-state index contributed by atoms with van der Waals surface area (Å²) in [5, 5.41) is 8.95. The van der Waals surface area contributed by atoms with Crippen LogP contribution in [0.1, 0.15) is 52.4 Å². The van der Waals surface area contributed by atoms with Gasteiger partial charge in [0.15, 0.2) is 0 Å². The smallest absolute Gasteiger partial charge is 0.320 e. The van der Waals surface area contributed by atoms with Gasteiger partial charge in [-0.1, -0.05) is 13.3 Å². The minimum absolute atomic E-state index is 0.0214. The van der Waals surface area contributed by atoms with Crippen LogP contribution >= 0.6 is 0 Å². The second-order valence-corrected chi connectivity index (χ2v) is 5.47. The number of rotatable bonds is 5. The normalized spacial score (nSPS) is 21.0. The molecule has 1 aliphatic rings. The molecule has 5 nitrogen and oxygen atoms in total. The topological polar surface area (TPSA) is 60.9 Å². The molecule has 1 fully saturated rings. The molecule has 19 heavy (non-hydrogen) atoms. The van der Waals surface area contributed by atoms with Crippen LogP contribution in [0.3, 0.4) is 0 Å². The third kappa shape index (κ3) is 4.40. The number of hydrogen-bond donors (Lipinski definition) is 1. The maximum atomic E-state index is 12.5. The molecule has 5 heteroatoms. The van der Waals surface area contributed by atoms with Crippen LogP contribution in [0.25, 0.3) is 0 Å². The van der Waals surface area contributed by atoms with Crippen LogP contribution in [0.4, 0.5) is 4.79 Å². The van der Waals surface area contributed by atoms with Gasteiger partial charge in [0, 0.05) is 25.7 Å². The lowest BCUT2D eigenvalue weighted by atomic mass is 9.99. The van der Waals surface area contributed by atoms with Gasteiger partial charge in [-0.25, -0.2) is 4.79 Å². The first-order valence-corrected chi connectivity index (χ1v) is 7.22. The molecule has 2 atom stereocenters. The Morgan fingerprint density at radius 3 is 2.68 bits per heavy atom. The van der Waals surface area contributed by atoms with E-state index in [2.05, 4.69) is 6.92 Å². The molecule has 0 aromatic heterocycles. The average molecular weight is 270 g/mol. The lowest BCUT2D eigenvalue weighted by Crippen LogP contribution is -2.51. The van der Waals surface area contributed by atoms with Crippen molar-refractivity contribution in [1.82, 2.24) is 9.80 Å². The number of likely N-dealkylation sites (tertiary alicyclic amines) is 1. The van der Waals surface area contributed by atoms with E-state index in [9.17, 15) is 9.59 Å². The monoisotopic (exact) mass is 270 g/mol. The van der Waals surface area contributed by atoms with Gasteiger partial charge >= 0.3 is 12.0 Å². The van der Waals surface area contributed by atoms with Crippen molar-refractivity contribution in [3.63, 3.8) is 0 Å². The molecule has 2 amide bonds. The summed E-state index contributed by atoms with van der Waals surface area (Å²) in [7, 11) is 1.81. The largest absolute Gasteiger partial charge is 0.481 e. The summed E-state index contributed by atoms with van der Waals surface area (Å²) in [4.78, 5) is 26.9. The van der Waals surface area contributed by atoms with E-state index in [0.717, 1.165) is 32.1 Å². The zero-order valence-electron chi connectivity index (χ0n) is 12.3. The molecule has 0 saturated carbocycles. The molecule has 0 aromatic carbocycles. The van der Waals surface area contributed by atoms with Crippen LogP contribution in [0.15, 0.2) is 0 Å². The van der Waals surface area contributed by atoms with Crippen LogP contribution < -0.4 is 0 Å². The number of carbonyl (C=O) groups is 2. The van der Waals surface area contributed by atoms with Crippen LogP contribution in [-0.4, -0.2) is 52.6 Å². The van der Waals surface area contributed by atoms with Gasteiger partial charge in [-0.2, -0.15) is 0 Å². The second kappa shape index (κ2) is 7.36. The summed E-state index contributed by atoms with van der Waals surface area (Å²) in [6.07, 6.45) is 4.85. The number of amides is 2. The molecule has 1 aliphatic heterocycles. The number of carboxylic acid groups (broad SMARTS) is 1. The van der Waals surface area contributed by atoms with Crippen LogP contribution in [0.2, 0.25) is 0 Å². The van der Waals surface area contributed by atoms with E-state index in [0.29, 0.717) is 6.54 Å². The highest BCUT2D eigenvalue weighted by molar-refractivity contribution is 5.76. The average Bonchev–Trinajstić information content (AvgIpc) is 2.37. The number of carbonyl (C=O) groups excluding carboxylic acids is 1. The Morgan fingerprint density at radius 1 is 1.42 bits per heavy atom. The van der Waals surface area contributed by atoms with Crippen LogP contribution in [0.5, 0.6) is 0 Å². The Labute approximate surface area is 115 Å². The van der Waals surface area contributed by atoms with E-state index in [4.69, 9.17) is 5.11 Å². The summed E-state index contributed by atoms with van der Waals surface area (Å²) < 4.78 is 0. The highest BCUT2D eigenvalue weighted by Gasteiger charge is 2.31. The highest BCUT2D eigenvalue weighted by atomic mass is 16.4. The predicted molar refractivity (Wildman–Crippen MR) is 74.1 cm³/mol. The molecular formula is C14H26N2O3. The standard InChI is InChI=1S/C14H26N2O3/c1-4-7-11(2)15(3)14(19)16-9-6-5-8-12(16)10-13(17)18/h11-12H,4-10H2,1-3H3,(H,17,18). The fourth-order valence-electron chi connectivity index (χ4n) is 2.67. The minimum Gasteiger partial charge on any atom is -0.481 e. The SMILES string of the molecule is CCCC(C)N(C)C(=O)N1CCCCC1CC(=O)O. The number of urea groups is 1. The molecular weight excluding hydrogens is 244 g/mol. The zero-order valence-corrected chi connectivity index (χ0v) is 12.3. The van der Waals surface area contributed by atoms with E-state index in [1.807, 2.05) is 14.0 Å². The molecule has 0 aromatic rings. The quantitative estimate of drug-likeness (QED) is 0.835. The third-order valence-corrected chi connectivity index (χ3v) is 3.95. The molecule has 0 radical (unpaired) electrons. The van der Waals surface area contributed by atoms with Gasteiger partial charge in [0.2, 0.25) is 0 Å². The Balaban J connectivity index is 2.68. The maximum absolute atomic E-state index is 12.5. The zero-order chi connectivity index (χ0) is 14.4. The van der Waals surface area contributed by atoms with Gasteiger partial charge in [0.05, 0.1) is 6.42 Å². The Morgan fingerprint density at radius 2 is 2.11 bits per heavy atom. The lowest BCUT2D eigenvalue weighted by Gasteiger charge is -2.39. The number of piperidine rings is 1. The molecule has 110 valence electrons. The van der Waals surface area contributed by atoms with Gasteiger partial charge in [-0.3, -0.25) is 4.79 Å². The van der Waals surface area contributed by atoms with Gasteiger partial charge in [0.25, 0.3) is 0 Å². The first kappa shape index (κ1) is 15.8. The molecule has 1 rings (SSSR count). The lowest BCUT2D eigenvalue weighted by molar-refractivity contribution is -0.138. The predicted octanol–water partition coefficient (Wildman–Crippen LogP) is 2.56. The number of hydrogen-bond acceptors (Lipinski definition) is 2. The van der Waals surface area contributed by atoms with Crippen molar-refractivity contribution >= 4 is 12.0 Å². The van der Waals surface area contributed by atoms with Crippen molar-refractivity contribution in [2.24, 2.45) is 0 Å². The number of nitrogens with zero attached hydrogens (tertiary/aromatic N) is 2. The van der Waals surface area contributed by atoms with Crippen molar-refractivity contribution in [3.8, 4) is 0 Å². The fourth-order valence-corrected chi connectivity index (χ4v) is 2.67. The number of aliphatic carboxylic acids is 1. The third-order valence-electron chi connectivity index (χ3n) is 3.95. The highest BCUT2D eigenvalue weighted by Crippen LogP contribution is 2.22. The van der Waals surface area contributed by atoms with Gasteiger partial charge in [0.1, 0.15) is 0 Å². The van der Waals surface area contributed by atoms with Gasteiger partial charge in [-0.15, -0.1) is 0 Å². The van der Waals surface area contributed by atoms with Crippen molar-refractivity contribution in [2.75, 3.05) is 13.6 Å². The van der Waals surface area contributed by atoms with Crippen LogP contribution in [0, 0.1) is 0 Å². The van der Waals surface area contributed by atoms with E-state index in [1.165, 1.54) is 0 Å².